The molecular formula is C19H31N3OS. The van der Waals surface area contributed by atoms with Crippen molar-refractivity contribution >= 4 is 17.7 Å². The van der Waals surface area contributed by atoms with Crippen molar-refractivity contribution in [2.45, 2.75) is 37.1 Å². The highest BCUT2D eigenvalue weighted by Crippen LogP contribution is 2.20. The molecule has 1 aliphatic heterocycles. The lowest BCUT2D eigenvalue weighted by atomic mass is 10.0. The number of rotatable bonds is 7. The number of nitrogens with one attached hydrogen (secondary N) is 1. The van der Waals surface area contributed by atoms with Gasteiger partial charge < -0.3 is 15.1 Å². The molecule has 0 aromatic heterocycles. The minimum atomic E-state index is -0.0233. The first-order chi connectivity index (χ1) is 11.5. The van der Waals surface area contributed by atoms with Gasteiger partial charge >= 0.3 is 0 Å². The zero-order chi connectivity index (χ0) is 17.5. The Kier molecular flexibility index (Phi) is 7.59. The molecule has 0 spiro atoms. The first-order valence-electron chi connectivity index (χ1n) is 8.78. The van der Waals surface area contributed by atoms with Gasteiger partial charge in [-0.05, 0) is 58.8 Å². The van der Waals surface area contributed by atoms with E-state index in [1.54, 1.807) is 11.8 Å². The lowest BCUT2D eigenvalue weighted by Crippen LogP contribution is -2.46. The molecule has 0 aliphatic carbocycles. The van der Waals surface area contributed by atoms with Gasteiger partial charge in [-0.1, -0.05) is 30.3 Å². The van der Waals surface area contributed by atoms with Crippen LogP contribution >= 0.6 is 11.8 Å². The standard InChI is InChI=1S/C19H31N3OS/c1-15(24-4)19(23)20-18(16-8-6-5-7-9-16)14-22(3)17-10-12-21(2)13-11-17/h5-9,15,17-18H,10-14H2,1-4H3,(H,20,23)/t15-,18+/m1/s1. The number of thioether (sulfide) groups is 1. The number of hydrogen-bond acceptors (Lipinski definition) is 4. The largest absolute Gasteiger partial charge is 0.347 e. The molecule has 2 atom stereocenters. The number of benzene rings is 1. The Morgan fingerprint density at radius 1 is 1.33 bits per heavy atom. The summed E-state index contributed by atoms with van der Waals surface area (Å²) in [6.45, 7) is 5.12. The first-order valence-corrected chi connectivity index (χ1v) is 10.1. The smallest absolute Gasteiger partial charge is 0.233 e. The van der Waals surface area contributed by atoms with E-state index in [-0.39, 0.29) is 17.2 Å². The van der Waals surface area contributed by atoms with E-state index in [2.05, 4.69) is 41.3 Å². The molecular weight excluding hydrogens is 318 g/mol. The lowest BCUT2D eigenvalue weighted by Gasteiger charge is -2.37. The third-order valence-electron chi connectivity index (χ3n) is 5.02. The van der Waals surface area contributed by atoms with Gasteiger partial charge in [0, 0.05) is 12.6 Å². The van der Waals surface area contributed by atoms with Crippen LogP contribution in [0.2, 0.25) is 0 Å². The number of piperidine rings is 1. The summed E-state index contributed by atoms with van der Waals surface area (Å²) in [5, 5.41) is 3.23. The molecule has 1 heterocycles. The predicted octanol–water partition coefficient (Wildman–Crippen LogP) is 2.62. The fraction of sp³-hybridized carbons (Fsp3) is 0.632. The van der Waals surface area contributed by atoms with Gasteiger partial charge in [0.15, 0.2) is 0 Å². The van der Waals surface area contributed by atoms with Gasteiger partial charge in [-0.3, -0.25) is 4.79 Å². The fourth-order valence-electron chi connectivity index (χ4n) is 3.19. The van der Waals surface area contributed by atoms with Gasteiger partial charge in [-0.25, -0.2) is 0 Å². The molecule has 24 heavy (non-hydrogen) atoms. The van der Waals surface area contributed by atoms with Crippen molar-refractivity contribution < 1.29 is 4.79 Å². The molecule has 1 N–H and O–H groups in total. The van der Waals surface area contributed by atoms with Crippen LogP contribution in [0.25, 0.3) is 0 Å². The van der Waals surface area contributed by atoms with Crippen LogP contribution in [-0.4, -0.2) is 67.0 Å². The van der Waals surface area contributed by atoms with Gasteiger partial charge in [0.1, 0.15) is 0 Å². The molecule has 1 fully saturated rings. The van der Waals surface area contributed by atoms with E-state index in [1.807, 2.05) is 31.4 Å². The summed E-state index contributed by atoms with van der Waals surface area (Å²) in [6, 6.07) is 11.0. The Morgan fingerprint density at radius 3 is 2.54 bits per heavy atom. The van der Waals surface area contributed by atoms with E-state index in [0.29, 0.717) is 6.04 Å². The van der Waals surface area contributed by atoms with Gasteiger partial charge in [0.05, 0.1) is 11.3 Å². The first kappa shape index (κ1) is 19.3. The summed E-state index contributed by atoms with van der Waals surface area (Å²) in [5.74, 6) is 0.119. The average molecular weight is 350 g/mol. The zero-order valence-electron chi connectivity index (χ0n) is 15.4. The van der Waals surface area contributed by atoms with E-state index < -0.39 is 0 Å². The Morgan fingerprint density at radius 2 is 1.96 bits per heavy atom. The number of amides is 1. The minimum Gasteiger partial charge on any atom is -0.347 e. The van der Waals surface area contributed by atoms with E-state index in [1.165, 1.54) is 18.4 Å². The minimum absolute atomic E-state index is 0.0233. The van der Waals surface area contributed by atoms with Crippen LogP contribution in [0.15, 0.2) is 30.3 Å². The second-order valence-corrected chi connectivity index (χ2v) is 8.00. The van der Waals surface area contributed by atoms with Gasteiger partial charge in [0.25, 0.3) is 0 Å². The van der Waals surface area contributed by atoms with Gasteiger partial charge in [-0.15, -0.1) is 0 Å². The maximum Gasteiger partial charge on any atom is 0.233 e. The van der Waals surface area contributed by atoms with Gasteiger partial charge in [-0.2, -0.15) is 11.8 Å². The third-order valence-corrected chi connectivity index (χ3v) is 5.94. The topological polar surface area (TPSA) is 35.6 Å². The summed E-state index contributed by atoms with van der Waals surface area (Å²) in [5.41, 5.74) is 1.18. The second-order valence-electron chi connectivity index (χ2n) is 6.82. The van der Waals surface area contributed by atoms with Crippen molar-refractivity contribution in [3.8, 4) is 0 Å². The molecule has 0 saturated carbocycles. The highest BCUT2D eigenvalue weighted by Gasteiger charge is 2.25. The number of nitrogens with zero attached hydrogens (tertiary/aromatic N) is 2. The zero-order valence-corrected chi connectivity index (χ0v) is 16.2. The molecule has 134 valence electrons. The maximum atomic E-state index is 12.4. The summed E-state index contributed by atoms with van der Waals surface area (Å²) >= 11 is 1.59. The van der Waals surface area contributed by atoms with E-state index >= 15 is 0 Å². The summed E-state index contributed by atoms with van der Waals surface area (Å²) in [4.78, 5) is 17.2. The van der Waals surface area contributed by atoms with E-state index in [4.69, 9.17) is 0 Å². The number of hydrogen-bond donors (Lipinski definition) is 1. The Hall–Kier alpha value is -1.04. The highest BCUT2D eigenvalue weighted by atomic mass is 32.2. The molecule has 2 rings (SSSR count). The van der Waals surface area contributed by atoms with Crippen LogP contribution in [0, 0.1) is 0 Å². The molecule has 0 unspecified atom stereocenters. The summed E-state index contributed by atoms with van der Waals surface area (Å²) in [7, 11) is 4.38. The second kappa shape index (κ2) is 9.44. The normalized spacial score (nSPS) is 19.2. The van der Waals surface area contributed by atoms with Crippen LogP contribution in [0.1, 0.15) is 31.4 Å². The average Bonchev–Trinajstić information content (AvgIpc) is 2.61. The molecule has 5 heteroatoms. The molecule has 1 aromatic carbocycles. The van der Waals surface area contributed by atoms with Gasteiger partial charge in [0.2, 0.25) is 5.91 Å². The number of likely N-dealkylation sites (tertiary alicyclic amines) is 1. The molecule has 1 saturated heterocycles. The predicted molar refractivity (Wildman–Crippen MR) is 103 cm³/mol. The Balaban J connectivity index is 2.04. The van der Waals surface area contributed by atoms with Crippen LogP contribution in [-0.2, 0) is 4.79 Å². The van der Waals surface area contributed by atoms with Crippen molar-refractivity contribution in [1.82, 2.24) is 15.1 Å². The number of likely N-dealkylation sites (N-methyl/N-ethyl adjacent to an activating group) is 1. The molecule has 1 aliphatic rings. The lowest BCUT2D eigenvalue weighted by molar-refractivity contribution is -0.121. The van der Waals surface area contributed by atoms with Crippen molar-refractivity contribution in [2.75, 3.05) is 40.0 Å². The number of carbonyl (C=O) groups excluding carboxylic acids is 1. The monoisotopic (exact) mass is 349 g/mol. The molecule has 1 aromatic rings. The Bertz CT molecular complexity index is 503. The maximum absolute atomic E-state index is 12.4. The van der Waals surface area contributed by atoms with Crippen molar-refractivity contribution in [3.05, 3.63) is 35.9 Å². The van der Waals surface area contributed by atoms with Crippen LogP contribution in [0.4, 0.5) is 0 Å². The van der Waals surface area contributed by atoms with Crippen molar-refractivity contribution in [2.24, 2.45) is 0 Å². The van der Waals surface area contributed by atoms with Crippen molar-refractivity contribution in [3.63, 3.8) is 0 Å². The fourth-order valence-corrected chi connectivity index (χ4v) is 3.47. The van der Waals surface area contributed by atoms with Crippen molar-refractivity contribution in [1.29, 1.82) is 0 Å². The molecule has 0 radical (unpaired) electrons. The molecule has 4 nitrogen and oxygen atoms in total. The quantitative estimate of drug-likeness (QED) is 0.821. The van der Waals surface area contributed by atoms with E-state index in [0.717, 1.165) is 19.6 Å². The summed E-state index contributed by atoms with van der Waals surface area (Å²) < 4.78 is 0. The molecule has 1 amide bonds. The SMILES string of the molecule is CS[C@H](C)C(=O)N[C@@H](CN(C)C1CCN(C)CC1)c1ccccc1. The number of carbonyl (C=O) groups is 1. The highest BCUT2D eigenvalue weighted by molar-refractivity contribution is 7.99. The third kappa shape index (κ3) is 5.50. The molecule has 0 bridgehead atoms. The summed E-state index contributed by atoms with van der Waals surface area (Å²) in [6.07, 6.45) is 4.37. The van der Waals surface area contributed by atoms with Crippen LogP contribution < -0.4 is 5.32 Å². The van der Waals surface area contributed by atoms with E-state index in [9.17, 15) is 4.79 Å². The van der Waals surface area contributed by atoms with Crippen LogP contribution in [0.3, 0.4) is 0 Å². The van der Waals surface area contributed by atoms with Crippen LogP contribution in [0.5, 0.6) is 0 Å². The Labute approximate surface area is 151 Å².